The molecule has 0 N–H and O–H groups in total. The molecule has 0 aliphatic carbocycles. The Balaban J connectivity index is 2.09. The maximum atomic E-state index is 13.3. The summed E-state index contributed by atoms with van der Waals surface area (Å²) in [4.78, 5) is 24.4. The van der Waals surface area contributed by atoms with Crippen molar-refractivity contribution in [2.45, 2.75) is 0 Å². The topological polar surface area (TPSA) is 37.4 Å². The van der Waals surface area contributed by atoms with Gasteiger partial charge < -0.3 is 4.90 Å². The van der Waals surface area contributed by atoms with Crippen LogP contribution in [-0.4, -0.2) is 34.8 Å². The van der Waals surface area contributed by atoms with Crippen molar-refractivity contribution in [2.24, 2.45) is 0 Å². The van der Waals surface area contributed by atoms with Crippen LogP contribution in [0.5, 0.6) is 0 Å². The first kappa shape index (κ1) is 11.1. The minimum atomic E-state index is -0.535. The third-order valence-electron chi connectivity index (χ3n) is 2.35. The lowest BCUT2D eigenvalue weighted by atomic mass is 10.1. The lowest BCUT2D eigenvalue weighted by Crippen LogP contribution is -2.30. The summed E-state index contributed by atoms with van der Waals surface area (Å²) in [5.41, 5.74) is 0.0483. The highest BCUT2D eigenvalue weighted by Gasteiger charge is 2.24. The van der Waals surface area contributed by atoms with Crippen LogP contribution in [0.3, 0.4) is 0 Å². The van der Waals surface area contributed by atoms with Gasteiger partial charge >= 0.3 is 0 Å². The number of nitrogens with zero attached hydrogens (tertiary/aromatic N) is 1. The molecule has 1 aromatic carbocycles. The van der Waals surface area contributed by atoms with E-state index >= 15 is 0 Å². The zero-order valence-corrected chi connectivity index (χ0v) is 9.30. The van der Waals surface area contributed by atoms with E-state index in [1.54, 1.807) is 6.07 Å². The fourth-order valence-electron chi connectivity index (χ4n) is 1.52. The van der Waals surface area contributed by atoms with Crippen molar-refractivity contribution < 1.29 is 14.0 Å². The molecule has 0 radical (unpaired) electrons. The Bertz CT molecular complexity index is 436. The van der Waals surface area contributed by atoms with Crippen molar-refractivity contribution in [3.63, 3.8) is 0 Å². The van der Waals surface area contributed by atoms with Crippen LogP contribution < -0.4 is 0 Å². The maximum Gasteiger partial charge on any atom is 0.282 e. The molecule has 0 bridgehead atoms. The summed E-state index contributed by atoms with van der Waals surface area (Å²) in [7, 11) is 0. The molecule has 3 nitrogen and oxygen atoms in total. The van der Waals surface area contributed by atoms with E-state index in [0.717, 1.165) is 0 Å². The Hall–Kier alpha value is -1.36. The summed E-state index contributed by atoms with van der Waals surface area (Å²) in [6.45, 7) is 0.524. The fraction of sp³-hybridized carbons (Fsp3) is 0.273. The van der Waals surface area contributed by atoms with Gasteiger partial charge in [-0.05, 0) is 12.1 Å². The highest BCUT2D eigenvalue weighted by molar-refractivity contribution is 8.13. The van der Waals surface area contributed by atoms with Gasteiger partial charge in [-0.2, -0.15) is 0 Å². The Kier molecular flexibility index (Phi) is 3.24. The van der Waals surface area contributed by atoms with Crippen molar-refractivity contribution in [3.8, 4) is 0 Å². The molecule has 0 saturated carbocycles. The van der Waals surface area contributed by atoms with E-state index < -0.39 is 5.82 Å². The predicted molar refractivity (Wildman–Crippen MR) is 60.2 cm³/mol. The molecule has 1 aromatic rings. The van der Waals surface area contributed by atoms with Crippen molar-refractivity contribution in [1.29, 1.82) is 0 Å². The summed E-state index contributed by atoms with van der Waals surface area (Å²) in [5.74, 6) is -0.190. The number of hydrogen-bond acceptors (Lipinski definition) is 3. The number of carbonyl (C=O) groups excluding carboxylic acids is 2. The van der Waals surface area contributed by atoms with Gasteiger partial charge in [-0.25, -0.2) is 4.39 Å². The summed E-state index contributed by atoms with van der Waals surface area (Å²) >= 11 is 1.19. The van der Waals surface area contributed by atoms with E-state index in [1.165, 1.54) is 34.9 Å². The maximum absolute atomic E-state index is 13.3. The normalized spacial score (nSPS) is 15.6. The monoisotopic (exact) mass is 239 g/mol. The SMILES string of the molecule is O=C(CN1CCSC1=O)c1ccccc1F. The second-order valence-corrected chi connectivity index (χ2v) is 4.49. The molecule has 1 aliphatic rings. The molecule has 5 heteroatoms. The second kappa shape index (κ2) is 4.65. The average Bonchev–Trinajstić information content (AvgIpc) is 2.65. The van der Waals surface area contributed by atoms with Crippen molar-refractivity contribution in [3.05, 3.63) is 35.6 Å². The van der Waals surface area contributed by atoms with E-state index in [0.29, 0.717) is 12.3 Å². The molecule has 1 saturated heterocycles. The van der Waals surface area contributed by atoms with Crippen LogP contribution in [0, 0.1) is 5.82 Å². The summed E-state index contributed by atoms with van der Waals surface area (Å²) in [6.07, 6.45) is 0. The Morgan fingerprint density at radius 1 is 1.44 bits per heavy atom. The van der Waals surface area contributed by atoms with Crippen LogP contribution in [0.15, 0.2) is 24.3 Å². The Morgan fingerprint density at radius 3 is 2.81 bits per heavy atom. The van der Waals surface area contributed by atoms with E-state index in [4.69, 9.17) is 0 Å². The third-order valence-corrected chi connectivity index (χ3v) is 3.25. The Labute approximate surface area is 96.6 Å². The summed E-state index contributed by atoms with van der Waals surface area (Å²) in [6, 6.07) is 5.82. The highest BCUT2D eigenvalue weighted by atomic mass is 32.2. The van der Waals surface area contributed by atoms with Crippen LogP contribution in [0.1, 0.15) is 10.4 Å². The van der Waals surface area contributed by atoms with Gasteiger partial charge in [0.1, 0.15) is 5.82 Å². The molecule has 0 unspecified atom stereocenters. The molecule has 0 atom stereocenters. The minimum absolute atomic E-state index is 0.0350. The molecular formula is C11H10FNO2S. The van der Waals surface area contributed by atoms with Crippen LogP contribution in [0.2, 0.25) is 0 Å². The van der Waals surface area contributed by atoms with Gasteiger partial charge in [0.2, 0.25) is 0 Å². The molecule has 16 heavy (non-hydrogen) atoms. The first-order valence-corrected chi connectivity index (χ1v) is 5.86. The van der Waals surface area contributed by atoms with Crippen LogP contribution in [0.25, 0.3) is 0 Å². The van der Waals surface area contributed by atoms with E-state index in [9.17, 15) is 14.0 Å². The molecule has 1 aliphatic heterocycles. The van der Waals surface area contributed by atoms with Crippen molar-refractivity contribution >= 4 is 22.8 Å². The van der Waals surface area contributed by atoms with Crippen LogP contribution in [0.4, 0.5) is 9.18 Å². The molecule has 1 fully saturated rings. The average molecular weight is 239 g/mol. The van der Waals surface area contributed by atoms with E-state index in [1.807, 2.05) is 0 Å². The fourth-order valence-corrected chi connectivity index (χ4v) is 2.34. The van der Waals surface area contributed by atoms with Crippen molar-refractivity contribution in [2.75, 3.05) is 18.8 Å². The minimum Gasteiger partial charge on any atom is -0.325 e. The molecule has 84 valence electrons. The largest absolute Gasteiger partial charge is 0.325 e. The van der Waals surface area contributed by atoms with Gasteiger partial charge in [0.05, 0.1) is 12.1 Å². The van der Waals surface area contributed by atoms with Crippen LogP contribution in [-0.2, 0) is 0 Å². The molecule has 0 spiro atoms. The first-order chi connectivity index (χ1) is 7.68. The zero-order valence-electron chi connectivity index (χ0n) is 8.48. The van der Waals surface area contributed by atoms with Gasteiger partial charge in [0, 0.05) is 12.3 Å². The standard InChI is InChI=1S/C11H10FNO2S/c12-9-4-2-1-3-8(9)10(14)7-13-5-6-16-11(13)15/h1-4H,5-7H2. The van der Waals surface area contributed by atoms with Gasteiger partial charge in [-0.1, -0.05) is 23.9 Å². The van der Waals surface area contributed by atoms with Crippen molar-refractivity contribution in [1.82, 2.24) is 4.90 Å². The van der Waals surface area contributed by atoms with Gasteiger partial charge in [-0.3, -0.25) is 9.59 Å². The lowest BCUT2D eigenvalue weighted by Gasteiger charge is -2.13. The summed E-state index contributed by atoms with van der Waals surface area (Å²) in [5, 5.41) is -0.107. The summed E-state index contributed by atoms with van der Waals surface area (Å²) < 4.78 is 13.3. The number of amides is 1. The molecule has 1 heterocycles. The first-order valence-electron chi connectivity index (χ1n) is 4.88. The third kappa shape index (κ3) is 2.24. The van der Waals surface area contributed by atoms with Gasteiger partial charge in [0.15, 0.2) is 5.78 Å². The van der Waals surface area contributed by atoms with Gasteiger partial charge in [-0.15, -0.1) is 0 Å². The van der Waals surface area contributed by atoms with E-state index in [-0.39, 0.29) is 23.1 Å². The smallest absolute Gasteiger partial charge is 0.282 e. The highest BCUT2D eigenvalue weighted by Crippen LogP contribution is 2.18. The number of benzene rings is 1. The Morgan fingerprint density at radius 2 is 2.19 bits per heavy atom. The number of hydrogen-bond donors (Lipinski definition) is 0. The molecule has 0 aromatic heterocycles. The molecular weight excluding hydrogens is 229 g/mol. The quantitative estimate of drug-likeness (QED) is 0.759. The van der Waals surface area contributed by atoms with E-state index in [2.05, 4.69) is 0 Å². The molecule has 2 rings (SSSR count). The lowest BCUT2D eigenvalue weighted by molar-refractivity contribution is 0.0952. The zero-order chi connectivity index (χ0) is 11.5. The second-order valence-electron chi connectivity index (χ2n) is 3.44. The van der Waals surface area contributed by atoms with Crippen LogP contribution >= 0.6 is 11.8 Å². The predicted octanol–water partition coefficient (Wildman–Crippen LogP) is 2.18. The number of ketones is 1. The van der Waals surface area contributed by atoms with Gasteiger partial charge in [0.25, 0.3) is 5.24 Å². The number of rotatable bonds is 3. The number of carbonyl (C=O) groups is 2. The molecule has 1 amide bonds. The number of halogens is 1. The number of Topliss-reactive ketones (excluding diaryl/α,β-unsaturated/α-hetero) is 1. The number of thioether (sulfide) groups is 1.